The lowest BCUT2D eigenvalue weighted by Crippen LogP contribution is -2.38. The summed E-state index contributed by atoms with van der Waals surface area (Å²) in [4.78, 5) is 12.0. The maximum Gasteiger partial charge on any atom is 0.240 e. The van der Waals surface area contributed by atoms with Crippen molar-refractivity contribution < 1.29 is 13.2 Å². The molecule has 0 radical (unpaired) electrons. The Labute approximate surface area is 144 Å². The number of carbonyl (C=O) groups is 1. The molecule has 8 heteroatoms. The Hall–Kier alpha value is -1.15. The molecule has 6 nitrogen and oxygen atoms in total. The molecule has 0 heterocycles. The van der Waals surface area contributed by atoms with E-state index in [0.29, 0.717) is 19.4 Å². The molecule has 0 unspecified atom stereocenters. The number of hydrogen-bond acceptors (Lipinski definition) is 4. The maximum atomic E-state index is 11.8. The zero-order valence-corrected chi connectivity index (χ0v) is 15.4. The van der Waals surface area contributed by atoms with Gasteiger partial charge < -0.3 is 10.6 Å². The van der Waals surface area contributed by atoms with E-state index in [9.17, 15) is 13.2 Å². The van der Waals surface area contributed by atoms with Crippen molar-refractivity contribution in [3.05, 3.63) is 29.8 Å². The lowest BCUT2D eigenvalue weighted by molar-refractivity contribution is -0.121. The van der Waals surface area contributed by atoms with Crippen LogP contribution in [0, 0.1) is 0 Å². The fraction of sp³-hybridized carbons (Fsp3) is 0.533. The monoisotopic (exact) mass is 363 g/mol. The molecule has 0 spiro atoms. The van der Waals surface area contributed by atoms with Crippen LogP contribution in [0.4, 0.5) is 0 Å². The molecule has 1 rings (SSSR count). The molecule has 23 heavy (non-hydrogen) atoms. The number of sulfonamides is 1. The first kappa shape index (κ1) is 21.9. The summed E-state index contributed by atoms with van der Waals surface area (Å²) in [6, 6.07) is 6.82. The number of nitrogens with one attached hydrogen (secondary N) is 3. The molecule has 0 aliphatic rings. The average molecular weight is 364 g/mol. The summed E-state index contributed by atoms with van der Waals surface area (Å²) in [7, 11) is -2.03. The number of halogens is 1. The highest BCUT2D eigenvalue weighted by molar-refractivity contribution is 7.89. The van der Waals surface area contributed by atoms with Crippen molar-refractivity contribution in [2.24, 2.45) is 0 Å². The lowest BCUT2D eigenvalue weighted by atomic mass is 10.1. The standard InChI is InChI=1S/C15H25N3O3S.ClH/c1-4-17-12(2)11-18-15(19)10-7-13-5-8-14(9-6-13)22(20,21)16-3;/h5-6,8-9,12,16-17H,4,7,10-11H2,1-3H3,(H,18,19);1H/t12-;/m1./s1. The van der Waals surface area contributed by atoms with Gasteiger partial charge in [0, 0.05) is 19.0 Å². The van der Waals surface area contributed by atoms with Crippen LogP contribution in [-0.2, 0) is 21.2 Å². The summed E-state index contributed by atoms with van der Waals surface area (Å²) < 4.78 is 25.5. The Kier molecular flexibility index (Phi) is 10.1. The Bertz CT molecular complexity index is 576. The molecule has 0 bridgehead atoms. The lowest BCUT2D eigenvalue weighted by Gasteiger charge is -2.13. The van der Waals surface area contributed by atoms with E-state index in [-0.39, 0.29) is 29.3 Å². The first-order chi connectivity index (χ1) is 10.4. The number of benzene rings is 1. The van der Waals surface area contributed by atoms with E-state index in [1.807, 2.05) is 13.8 Å². The number of amides is 1. The van der Waals surface area contributed by atoms with Gasteiger partial charge in [-0.3, -0.25) is 4.79 Å². The molecule has 0 aromatic heterocycles. The zero-order valence-electron chi connectivity index (χ0n) is 13.8. The number of aryl methyl sites for hydroxylation is 1. The van der Waals surface area contributed by atoms with E-state index >= 15 is 0 Å². The van der Waals surface area contributed by atoms with Gasteiger partial charge in [-0.2, -0.15) is 0 Å². The summed E-state index contributed by atoms with van der Waals surface area (Å²) in [5.74, 6) is -0.00308. The molecule has 3 N–H and O–H groups in total. The molecule has 1 aromatic rings. The van der Waals surface area contributed by atoms with Crippen LogP contribution >= 0.6 is 12.4 Å². The minimum atomic E-state index is -3.41. The average Bonchev–Trinajstić information content (AvgIpc) is 2.51. The first-order valence-electron chi connectivity index (χ1n) is 7.41. The van der Waals surface area contributed by atoms with Crippen LogP contribution in [0.1, 0.15) is 25.8 Å². The van der Waals surface area contributed by atoms with Gasteiger partial charge in [0.25, 0.3) is 0 Å². The largest absolute Gasteiger partial charge is 0.355 e. The number of rotatable bonds is 9. The maximum absolute atomic E-state index is 11.8. The molecule has 132 valence electrons. The SMILES string of the molecule is CCN[C@H](C)CNC(=O)CCc1ccc(S(=O)(=O)NC)cc1.Cl. The Morgan fingerprint density at radius 2 is 1.83 bits per heavy atom. The second kappa shape index (κ2) is 10.6. The fourth-order valence-corrected chi connectivity index (χ4v) is 2.72. The van der Waals surface area contributed by atoms with Crippen molar-refractivity contribution in [2.45, 2.75) is 37.6 Å². The van der Waals surface area contributed by atoms with Crippen molar-refractivity contribution in [2.75, 3.05) is 20.1 Å². The van der Waals surface area contributed by atoms with Gasteiger partial charge in [-0.1, -0.05) is 19.1 Å². The molecule has 1 atom stereocenters. The number of hydrogen-bond donors (Lipinski definition) is 3. The van der Waals surface area contributed by atoms with Crippen LogP contribution in [0.25, 0.3) is 0 Å². The van der Waals surface area contributed by atoms with E-state index < -0.39 is 10.0 Å². The van der Waals surface area contributed by atoms with E-state index in [2.05, 4.69) is 15.4 Å². The van der Waals surface area contributed by atoms with Gasteiger partial charge in [0.1, 0.15) is 0 Å². The Morgan fingerprint density at radius 1 is 1.22 bits per heavy atom. The molecular formula is C15H26ClN3O3S. The summed E-state index contributed by atoms with van der Waals surface area (Å²) in [5.41, 5.74) is 0.935. The van der Waals surface area contributed by atoms with Crippen LogP contribution in [0.3, 0.4) is 0 Å². The molecular weight excluding hydrogens is 338 g/mol. The zero-order chi connectivity index (χ0) is 16.6. The highest BCUT2D eigenvalue weighted by atomic mass is 35.5. The third kappa shape index (κ3) is 7.78. The predicted molar refractivity (Wildman–Crippen MR) is 94.4 cm³/mol. The molecule has 1 amide bonds. The summed E-state index contributed by atoms with van der Waals surface area (Å²) in [6.45, 7) is 5.52. The number of carbonyl (C=O) groups excluding carboxylic acids is 1. The van der Waals surface area contributed by atoms with E-state index in [4.69, 9.17) is 0 Å². The second-order valence-corrected chi connectivity index (χ2v) is 7.00. The Morgan fingerprint density at radius 3 is 2.35 bits per heavy atom. The van der Waals surface area contributed by atoms with Crippen molar-refractivity contribution in [1.82, 2.24) is 15.4 Å². The predicted octanol–water partition coefficient (Wildman–Crippen LogP) is 1.06. The van der Waals surface area contributed by atoms with Gasteiger partial charge in [0.15, 0.2) is 0 Å². The third-order valence-corrected chi connectivity index (χ3v) is 4.73. The molecule has 0 saturated carbocycles. The number of likely N-dealkylation sites (N-methyl/N-ethyl adjacent to an activating group) is 1. The fourth-order valence-electron chi connectivity index (χ4n) is 1.99. The molecule has 0 fully saturated rings. The van der Waals surface area contributed by atoms with Crippen LogP contribution < -0.4 is 15.4 Å². The molecule has 0 saturated heterocycles. The van der Waals surface area contributed by atoms with Gasteiger partial charge in [0.2, 0.25) is 15.9 Å². The van der Waals surface area contributed by atoms with Crippen molar-refractivity contribution in [3.8, 4) is 0 Å². The normalized spacial score (nSPS) is 12.3. The van der Waals surface area contributed by atoms with Crippen molar-refractivity contribution >= 4 is 28.3 Å². The Balaban J connectivity index is 0.00000484. The van der Waals surface area contributed by atoms with Gasteiger partial charge in [-0.25, -0.2) is 13.1 Å². The van der Waals surface area contributed by atoms with Gasteiger partial charge >= 0.3 is 0 Å². The van der Waals surface area contributed by atoms with Gasteiger partial charge in [-0.05, 0) is 44.6 Å². The van der Waals surface area contributed by atoms with Gasteiger partial charge in [0.05, 0.1) is 4.90 Å². The van der Waals surface area contributed by atoms with E-state index in [0.717, 1.165) is 12.1 Å². The van der Waals surface area contributed by atoms with Crippen molar-refractivity contribution in [3.63, 3.8) is 0 Å². The van der Waals surface area contributed by atoms with Crippen LogP contribution in [-0.4, -0.2) is 40.5 Å². The van der Waals surface area contributed by atoms with E-state index in [1.165, 1.54) is 7.05 Å². The summed E-state index contributed by atoms with van der Waals surface area (Å²) in [6.07, 6.45) is 0.971. The summed E-state index contributed by atoms with van der Waals surface area (Å²) in [5, 5.41) is 6.10. The van der Waals surface area contributed by atoms with Crippen LogP contribution in [0.2, 0.25) is 0 Å². The molecule has 1 aromatic carbocycles. The first-order valence-corrected chi connectivity index (χ1v) is 8.90. The second-order valence-electron chi connectivity index (χ2n) is 5.11. The minimum Gasteiger partial charge on any atom is -0.355 e. The smallest absolute Gasteiger partial charge is 0.240 e. The molecule has 0 aliphatic carbocycles. The third-order valence-electron chi connectivity index (χ3n) is 3.30. The van der Waals surface area contributed by atoms with Crippen molar-refractivity contribution in [1.29, 1.82) is 0 Å². The quantitative estimate of drug-likeness (QED) is 0.612. The highest BCUT2D eigenvalue weighted by Crippen LogP contribution is 2.11. The van der Waals surface area contributed by atoms with E-state index in [1.54, 1.807) is 24.3 Å². The topological polar surface area (TPSA) is 87.3 Å². The van der Waals surface area contributed by atoms with Crippen LogP contribution in [0.5, 0.6) is 0 Å². The minimum absolute atomic E-state index is 0. The highest BCUT2D eigenvalue weighted by Gasteiger charge is 2.11. The van der Waals surface area contributed by atoms with Gasteiger partial charge in [-0.15, -0.1) is 12.4 Å². The molecule has 0 aliphatic heterocycles. The summed E-state index contributed by atoms with van der Waals surface area (Å²) >= 11 is 0. The van der Waals surface area contributed by atoms with Crippen LogP contribution in [0.15, 0.2) is 29.2 Å².